The highest BCUT2D eigenvalue weighted by Crippen LogP contribution is 2.17. The van der Waals surface area contributed by atoms with Crippen LogP contribution in [0.5, 0.6) is 0 Å². The zero-order valence-corrected chi connectivity index (χ0v) is 15.0. The number of unbranched alkanes of at least 4 members (excludes halogenated alkanes) is 1. The topological polar surface area (TPSA) is 60.7 Å². The summed E-state index contributed by atoms with van der Waals surface area (Å²) in [6.07, 6.45) is 6.58. The number of hydrogen-bond donors (Lipinski definition) is 3. The molecule has 134 valence electrons. The van der Waals surface area contributed by atoms with Gasteiger partial charge in [-0.15, -0.1) is 0 Å². The molecular weight excluding hydrogens is 312 g/mol. The number of rotatable bonds is 8. The second-order valence-corrected chi connectivity index (χ2v) is 7.14. The molecule has 0 bridgehead atoms. The van der Waals surface area contributed by atoms with E-state index in [2.05, 4.69) is 30.3 Å². The molecule has 0 radical (unpaired) electrons. The molecule has 0 saturated carbocycles. The lowest BCUT2D eigenvalue weighted by Crippen LogP contribution is -2.17. The van der Waals surface area contributed by atoms with Crippen LogP contribution in [0.1, 0.15) is 61.7 Å². The maximum atomic E-state index is 9.75. The summed E-state index contributed by atoms with van der Waals surface area (Å²) in [6.45, 7) is 3.71. The highest BCUT2D eigenvalue weighted by molar-refractivity contribution is 5.69. The van der Waals surface area contributed by atoms with E-state index >= 15 is 0 Å². The molecule has 0 aliphatic rings. The van der Waals surface area contributed by atoms with Crippen molar-refractivity contribution < 1.29 is 15.3 Å². The number of hydrogen-bond acceptors (Lipinski definition) is 3. The van der Waals surface area contributed by atoms with E-state index in [0.717, 1.165) is 36.8 Å². The summed E-state index contributed by atoms with van der Waals surface area (Å²) in [5.74, 6) is 0. The van der Waals surface area contributed by atoms with Crippen molar-refractivity contribution in [1.29, 1.82) is 0 Å². The SMILES string of the molecule is CC(C)(O)CCCCc1cccc(C=Cc2ccc(C(O)O)cc2)c1. The van der Waals surface area contributed by atoms with E-state index in [1.807, 2.05) is 32.1 Å². The maximum absolute atomic E-state index is 9.75. The van der Waals surface area contributed by atoms with E-state index < -0.39 is 11.9 Å². The summed E-state index contributed by atoms with van der Waals surface area (Å²) in [5, 5.41) is 28.0. The van der Waals surface area contributed by atoms with Crippen LogP contribution in [0.25, 0.3) is 12.2 Å². The van der Waals surface area contributed by atoms with Gasteiger partial charge in [-0.05, 0) is 49.8 Å². The van der Waals surface area contributed by atoms with E-state index in [1.54, 1.807) is 12.1 Å². The Hall–Kier alpha value is -1.94. The number of aryl methyl sites for hydroxylation is 1. The molecule has 0 unspecified atom stereocenters. The van der Waals surface area contributed by atoms with E-state index in [9.17, 15) is 5.11 Å². The Balaban J connectivity index is 1.92. The number of aliphatic hydroxyl groups is 3. The summed E-state index contributed by atoms with van der Waals surface area (Å²) < 4.78 is 0. The van der Waals surface area contributed by atoms with Crippen LogP contribution >= 0.6 is 0 Å². The Kier molecular flexibility index (Phi) is 6.94. The van der Waals surface area contributed by atoms with Gasteiger partial charge in [-0.3, -0.25) is 0 Å². The minimum Gasteiger partial charge on any atom is -0.390 e. The van der Waals surface area contributed by atoms with Crippen molar-refractivity contribution in [3.8, 4) is 0 Å². The van der Waals surface area contributed by atoms with Crippen LogP contribution in [0.15, 0.2) is 48.5 Å². The first-order valence-corrected chi connectivity index (χ1v) is 8.79. The average molecular weight is 340 g/mol. The lowest BCUT2D eigenvalue weighted by atomic mass is 9.98. The molecule has 0 spiro atoms. The van der Waals surface area contributed by atoms with E-state index in [-0.39, 0.29) is 0 Å². The molecule has 0 amide bonds. The van der Waals surface area contributed by atoms with Crippen molar-refractivity contribution >= 4 is 12.2 Å². The largest absolute Gasteiger partial charge is 0.390 e. The van der Waals surface area contributed by atoms with Crippen molar-refractivity contribution in [3.05, 3.63) is 70.8 Å². The molecule has 2 rings (SSSR count). The lowest BCUT2D eigenvalue weighted by molar-refractivity contribution is -0.0424. The molecule has 0 saturated heterocycles. The molecule has 0 aliphatic heterocycles. The van der Waals surface area contributed by atoms with Crippen LogP contribution in [-0.2, 0) is 6.42 Å². The van der Waals surface area contributed by atoms with Gasteiger partial charge < -0.3 is 15.3 Å². The van der Waals surface area contributed by atoms with E-state index in [1.165, 1.54) is 5.56 Å². The molecule has 2 aromatic carbocycles. The Labute approximate surface area is 150 Å². The summed E-state index contributed by atoms with van der Waals surface area (Å²) in [7, 11) is 0. The second-order valence-electron chi connectivity index (χ2n) is 7.14. The fourth-order valence-electron chi connectivity index (χ4n) is 2.71. The molecule has 0 aromatic heterocycles. The van der Waals surface area contributed by atoms with Crippen molar-refractivity contribution in [2.24, 2.45) is 0 Å². The zero-order chi connectivity index (χ0) is 18.3. The highest BCUT2D eigenvalue weighted by atomic mass is 16.5. The molecule has 3 nitrogen and oxygen atoms in total. The standard InChI is InChI=1S/C22H28O3/c1-22(2,25)15-4-3-6-18-7-5-8-19(16-18)10-9-17-11-13-20(14-12-17)21(23)24/h5,7-14,16,21,23-25H,3-4,6,15H2,1-2H3. The Morgan fingerprint density at radius 2 is 1.60 bits per heavy atom. The van der Waals surface area contributed by atoms with Gasteiger partial charge in [0.1, 0.15) is 0 Å². The summed E-state index contributed by atoms with van der Waals surface area (Å²) in [5.41, 5.74) is 3.37. The van der Waals surface area contributed by atoms with Crippen LogP contribution in [0.3, 0.4) is 0 Å². The van der Waals surface area contributed by atoms with Crippen LogP contribution < -0.4 is 0 Å². The third-order valence-corrected chi connectivity index (χ3v) is 4.16. The highest BCUT2D eigenvalue weighted by Gasteiger charge is 2.11. The smallest absolute Gasteiger partial charge is 0.178 e. The van der Waals surface area contributed by atoms with Gasteiger partial charge in [-0.2, -0.15) is 0 Å². The molecule has 2 aromatic rings. The zero-order valence-electron chi connectivity index (χ0n) is 15.0. The van der Waals surface area contributed by atoms with Crippen LogP contribution in [-0.4, -0.2) is 20.9 Å². The molecule has 3 heteroatoms. The lowest BCUT2D eigenvalue weighted by Gasteiger charge is -2.16. The molecule has 3 N–H and O–H groups in total. The first-order chi connectivity index (χ1) is 11.8. The van der Waals surface area contributed by atoms with Crippen molar-refractivity contribution in [3.63, 3.8) is 0 Å². The predicted octanol–water partition coefficient (Wildman–Crippen LogP) is 4.32. The first kappa shape index (κ1) is 19.4. The Bertz CT molecular complexity index is 679. The van der Waals surface area contributed by atoms with Crippen molar-refractivity contribution in [1.82, 2.24) is 0 Å². The Morgan fingerprint density at radius 1 is 0.920 bits per heavy atom. The van der Waals surface area contributed by atoms with Crippen molar-refractivity contribution in [2.75, 3.05) is 0 Å². The number of benzene rings is 2. The third-order valence-electron chi connectivity index (χ3n) is 4.16. The minimum absolute atomic E-state index is 0.491. The van der Waals surface area contributed by atoms with Gasteiger partial charge in [-0.25, -0.2) is 0 Å². The summed E-state index contributed by atoms with van der Waals surface area (Å²) in [4.78, 5) is 0. The van der Waals surface area contributed by atoms with Gasteiger partial charge in [-0.1, -0.05) is 67.1 Å². The molecule has 25 heavy (non-hydrogen) atoms. The average Bonchev–Trinajstić information content (AvgIpc) is 2.57. The van der Waals surface area contributed by atoms with E-state index in [4.69, 9.17) is 10.2 Å². The maximum Gasteiger partial charge on any atom is 0.178 e. The normalized spacial score (nSPS) is 12.2. The van der Waals surface area contributed by atoms with Gasteiger partial charge in [0.25, 0.3) is 0 Å². The van der Waals surface area contributed by atoms with E-state index in [0.29, 0.717) is 5.56 Å². The van der Waals surface area contributed by atoms with Crippen LogP contribution in [0.4, 0.5) is 0 Å². The monoisotopic (exact) mass is 340 g/mol. The predicted molar refractivity (Wildman–Crippen MR) is 103 cm³/mol. The quantitative estimate of drug-likeness (QED) is 0.381. The molecular formula is C22H28O3. The molecule has 0 fully saturated rings. The molecule has 0 atom stereocenters. The van der Waals surface area contributed by atoms with Gasteiger partial charge in [0, 0.05) is 5.56 Å². The fraction of sp³-hybridized carbons (Fsp3) is 0.364. The number of aliphatic hydroxyl groups excluding tert-OH is 1. The van der Waals surface area contributed by atoms with Gasteiger partial charge in [0.05, 0.1) is 5.60 Å². The third kappa shape index (κ3) is 7.22. The minimum atomic E-state index is -1.42. The van der Waals surface area contributed by atoms with Crippen LogP contribution in [0, 0.1) is 0 Å². The van der Waals surface area contributed by atoms with Gasteiger partial charge >= 0.3 is 0 Å². The Morgan fingerprint density at radius 3 is 2.24 bits per heavy atom. The van der Waals surface area contributed by atoms with Gasteiger partial charge in [0.15, 0.2) is 6.29 Å². The first-order valence-electron chi connectivity index (χ1n) is 8.79. The summed E-state index contributed by atoms with van der Waals surface area (Å²) in [6, 6.07) is 15.6. The van der Waals surface area contributed by atoms with Crippen molar-refractivity contribution in [2.45, 2.75) is 51.4 Å². The molecule has 0 aliphatic carbocycles. The van der Waals surface area contributed by atoms with Crippen LogP contribution in [0.2, 0.25) is 0 Å². The second kappa shape index (κ2) is 8.95. The molecule has 0 heterocycles. The fourth-order valence-corrected chi connectivity index (χ4v) is 2.71. The summed E-state index contributed by atoms with van der Waals surface area (Å²) >= 11 is 0. The van der Waals surface area contributed by atoms with Gasteiger partial charge in [0.2, 0.25) is 0 Å².